The Hall–Kier alpha value is -2.37. The first-order valence-corrected chi connectivity index (χ1v) is 8.14. The third-order valence-corrected chi connectivity index (χ3v) is 4.33. The lowest BCUT2D eigenvalue weighted by Crippen LogP contribution is -2.15. The van der Waals surface area contributed by atoms with Crippen molar-refractivity contribution in [3.05, 3.63) is 62.6 Å². The molecule has 6 nitrogen and oxygen atoms in total. The number of anilines is 1. The van der Waals surface area contributed by atoms with Crippen LogP contribution in [0.2, 0.25) is 0 Å². The Bertz CT molecular complexity index is 788. The van der Waals surface area contributed by atoms with E-state index in [1.165, 1.54) is 23.9 Å². The molecular formula is C15H10BrN3O3S. The molecule has 0 fully saturated rings. The molecular weight excluding hydrogens is 382 g/mol. The van der Waals surface area contributed by atoms with Crippen molar-refractivity contribution in [3.8, 4) is 6.07 Å². The lowest BCUT2D eigenvalue weighted by molar-refractivity contribution is -0.384. The maximum atomic E-state index is 12.0. The van der Waals surface area contributed by atoms with Crippen LogP contribution >= 0.6 is 27.7 Å². The highest BCUT2D eigenvalue weighted by atomic mass is 79.9. The number of amides is 1. The van der Waals surface area contributed by atoms with Gasteiger partial charge >= 0.3 is 0 Å². The van der Waals surface area contributed by atoms with Crippen LogP contribution in [-0.4, -0.2) is 16.6 Å². The van der Waals surface area contributed by atoms with Crippen molar-refractivity contribution in [1.82, 2.24) is 0 Å². The van der Waals surface area contributed by atoms with E-state index in [9.17, 15) is 14.9 Å². The van der Waals surface area contributed by atoms with Crippen LogP contribution in [0.1, 0.15) is 5.56 Å². The van der Waals surface area contributed by atoms with Crippen molar-refractivity contribution in [2.45, 2.75) is 4.90 Å². The van der Waals surface area contributed by atoms with E-state index in [0.717, 1.165) is 15.4 Å². The number of carbonyl (C=O) groups excluding carboxylic acids is 1. The van der Waals surface area contributed by atoms with Crippen molar-refractivity contribution in [3.63, 3.8) is 0 Å². The minimum Gasteiger partial charge on any atom is -0.324 e. The van der Waals surface area contributed by atoms with Crippen LogP contribution < -0.4 is 5.32 Å². The maximum absolute atomic E-state index is 12.0. The van der Waals surface area contributed by atoms with Crippen molar-refractivity contribution in [1.29, 1.82) is 5.26 Å². The predicted octanol–water partition coefficient (Wildman–Crippen LogP) is 3.96. The Labute approximate surface area is 144 Å². The van der Waals surface area contributed by atoms with Crippen LogP contribution in [0.25, 0.3) is 0 Å². The van der Waals surface area contributed by atoms with Gasteiger partial charge in [-0.25, -0.2) is 0 Å². The summed E-state index contributed by atoms with van der Waals surface area (Å²) in [5, 5.41) is 22.3. The summed E-state index contributed by atoms with van der Waals surface area (Å²) >= 11 is 4.69. The molecule has 0 aliphatic carbocycles. The molecule has 0 aromatic heterocycles. The summed E-state index contributed by atoms with van der Waals surface area (Å²) in [4.78, 5) is 23.0. The molecule has 8 heteroatoms. The number of nitriles is 1. The molecule has 2 rings (SSSR count). The SMILES string of the molecule is N#Cc1cc([N+](=O)[O-])ccc1NC(=O)CSc1ccc(Br)cc1. The lowest BCUT2D eigenvalue weighted by Gasteiger charge is -2.07. The number of rotatable bonds is 5. The molecule has 0 radical (unpaired) electrons. The van der Waals surface area contributed by atoms with E-state index in [2.05, 4.69) is 21.2 Å². The zero-order valence-electron chi connectivity index (χ0n) is 11.7. The standard InChI is InChI=1S/C15H10BrN3O3S/c16-11-1-4-13(5-2-11)23-9-15(20)18-14-6-3-12(19(21)22)7-10(14)8-17/h1-7H,9H2,(H,18,20). The predicted molar refractivity (Wildman–Crippen MR) is 91.3 cm³/mol. The summed E-state index contributed by atoms with van der Waals surface area (Å²) in [6.07, 6.45) is 0. The van der Waals surface area contributed by atoms with Crippen LogP contribution in [0.5, 0.6) is 0 Å². The molecule has 0 aliphatic rings. The van der Waals surface area contributed by atoms with E-state index < -0.39 is 4.92 Å². The number of hydrogen-bond donors (Lipinski definition) is 1. The molecule has 0 aliphatic heterocycles. The molecule has 0 saturated heterocycles. The quantitative estimate of drug-likeness (QED) is 0.472. The van der Waals surface area contributed by atoms with E-state index in [4.69, 9.17) is 5.26 Å². The van der Waals surface area contributed by atoms with E-state index in [-0.39, 0.29) is 28.6 Å². The highest BCUT2D eigenvalue weighted by molar-refractivity contribution is 9.10. The topological polar surface area (TPSA) is 96.0 Å². The number of thioether (sulfide) groups is 1. The Kier molecular flexibility index (Phi) is 5.73. The number of halogens is 1. The van der Waals surface area contributed by atoms with Gasteiger partial charge in [0.2, 0.25) is 5.91 Å². The number of non-ortho nitro benzene ring substituents is 1. The molecule has 0 atom stereocenters. The van der Waals surface area contributed by atoms with Gasteiger partial charge in [-0.3, -0.25) is 14.9 Å². The Morgan fingerprint density at radius 2 is 2.00 bits per heavy atom. The third-order valence-electron chi connectivity index (χ3n) is 2.79. The molecule has 1 amide bonds. The summed E-state index contributed by atoms with van der Waals surface area (Å²) in [6, 6.07) is 13.1. The fourth-order valence-corrected chi connectivity index (χ4v) is 2.68. The first kappa shape index (κ1) is 17.0. The van der Waals surface area contributed by atoms with E-state index in [0.29, 0.717) is 0 Å². The number of nitrogens with one attached hydrogen (secondary N) is 1. The van der Waals surface area contributed by atoms with Gasteiger partial charge in [-0.15, -0.1) is 11.8 Å². The largest absolute Gasteiger partial charge is 0.324 e. The maximum Gasteiger partial charge on any atom is 0.270 e. The Balaban J connectivity index is 2.01. The van der Waals surface area contributed by atoms with Gasteiger partial charge in [0.1, 0.15) is 6.07 Å². The molecule has 23 heavy (non-hydrogen) atoms. The zero-order chi connectivity index (χ0) is 16.8. The molecule has 0 unspecified atom stereocenters. The number of nitro benzene ring substituents is 1. The van der Waals surface area contributed by atoms with E-state index in [1.54, 1.807) is 0 Å². The molecule has 1 N–H and O–H groups in total. The Morgan fingerprint density at radius 1 is 1.30 bits per heavy atom. The summed E-state index contributed by atoms with van der Waals surface area (Å²) in [7, 11) is 0. The monoisotopic (exact) mass is 391 g/mol. The molecule has 116 valence electrons. The molecule has 0 heterocycles. The minimum atomic E-state index is -0.587. The highest BCUT2D eigenvalue weighted by Crippen LogP contribution is 2.23. The van der Waals surface area contributed by atoms with Crippen molar-refractivity contribution in [2.24, 2.45) is 0 Å². The van der Waals surface area contributed by atoms with E-state index >= 15 is 0 Å². The molecule has 0 spiro atoms. The van der Waals surface area contributed by atoms with Gasteiger partial charge in [-0.1, -0.05) is 15.9 Å². The molecule has 0 saturated carbocycles. The normalized spacial score (nSPS) is 9.91. The summed E-state index contributed by atoms with van der Waals surface area (Å²) in [5.74, 6) is -0.119. The van der Waals surface area contributed by atoms with Gasteiger partial charge < -0.3 is 5.32 Å². The fourth-order valence-electron chi connectivity index (χ4n) is 1.71. The van der Waals surface area contributed by atoms with Crippen LogP contribution in [0.15, 0.2) is 51.8 Å². The number of nitro groups is 1. The van der Waals surface area contributed by atoms with Gasteiger partial charge in [-0.2, -0.15) is 5.26 Å². The van der Waals surface area contributed by atoms with E-state index in [1.807, 2.05) is 30.3 Å². The molecule has 0 bridgehead atoms. The van der Waals surface area contributed by atoms with Crippen LogP contribution in [0, 0.1) is 21.4 Å². The minimum absolute atomic E-state index is 0.0567. The smallest absolute Gasteiger partial charge is 0.270 e. The van der Waals surface area contributed by atoms with Crippen LogP contribution in [0.3, 0.4) is 0 Å². The summed E-state index contributed by atoms with van der Waals surface area (Å²) in [5.41, 5.74) is 0.129. The Morgan fingerprint density at radius 3 is 2.61 bits per heavy atom. The van der Waals surface area contributed by atoms with Gasteiger partial charge in [-0.05, 0) is 30.3 Å². The second kappa shape index (κ2) is 7.76. The van der Waals surface area contributed by atoms with Crippen LogP contribution in [0.4, 0.5) is 11.4 Å². The van der Waals surface area contributed by atoms with Crippen LogP contribution in [-0.2, 0) is 4.79 Å². The van der Waals surface area contributed by atoms with Crippen molar-refractivity contribution in [2.75, 3.05) is 11.1 Å². The van der Waals surface area contributed by atoms with Gasteiger partial charge in [0.15, 0.2) is 0 Å². The number of carbonyl (C=O) groups is 1. The second-order valence-electron chi connectivity index (χ2n) is 4.39. The van der Waals surface area contributed by atoms with Gasteiger partial charge in [0.05, 0.1) is 21.9 Å². The number of nitrogens with zero attached hydrogens (tertiary/aromatic N) is 2. The average molecular weight is 392 g/mol. The first-order valence-electron chi connectivity index (χ1n) is 6.36. The zero-order valence-corrected chi connectivity index (χ0v) is 14.1. The highest BCUT2D eigenvalue weighted by Gasteiger charge is 2.12. The number of benzene rings is 2. The van der Waals surface area contributed by atoms with Crippen molar-refractivity contribution >= 4 is 45.0 Å². The van der Waals surface area contributed by atoms with Crippen molar-refractivity contribution < 1.29 is 9.72 Å². The second-order valence-corrected chi connectivity index (χ2v) is 6.35. The summed E-state index contributed by atoms with van der Waals surface area (Å²) < 4.78 is 0.954. The lowest BCUT2D eigenvalue weighted by atomic mass is 10.1. The number of hydrogen-bond acceptors (Lipinski definition) is 5. The van der Waals surface area contributed by atoms with Gasteiger partial charge in [0, 0.05) is 21.5 Å². The average Bonchev–Trinajstić information content (AvgIpc) is 2.54. The molecule has 2 aromatic rings. The fraction of sp³-hybridized carbons (Fsp3) is 0.0667. The van der Waals surface area contributed by atoms with Gasteiger partial charge in [0.25, 0.3) is 5.69 Å². The third kappa shape index (κ3) is 4.81. The first-order chi connectivity index (χ1) is 11.0. The summed E-state index contributed by atoms with van der Waals surface area (Å²) in [6.45, 7) is 0. The molecule has 2 aromatic carbocycles.